The second kappa shape index (κ2) is 5.88. The quantitative estimate of drug-likeness (QED) is 0.843. The van der Waals surface area contributed by atoms with E-state index in [-0.39, 0.29) is 5.91 Å². The second-order valence-corrected chi connectivity index (χ2v) is 6.74. The second-order valence-electron chi connectivity index (χ2n) is 4.98. The van der Waals surface area contributed by atoms with E-state index in [2.05, 4.69) is 22.9 Å². The molecule has 2 nitrogen and oxygen atoms in total. The number of amides is 1. The van der Waals surface area contributed by atoms with Crippen molar-refractivity contribution in [2.75, 3.05) is 13.1 Å². The Morgan fingerprint density at radius 3 is 2.74 bits per heavy atom. The van der Waals surface area contributed by atoms with Crippen molar-refractivity contribution in [3.8, 4) is 0 Å². The monoisotopic (exact) mass is 291 g/mol. The Hall–Kier alpha value is -1.13. The molecule has 1 aliphatic heterocycles. The highest BCUT2D eigenvalue weighted by Gasteiger charge is 2.24. The van der Waals surface area contributed by atoms with Crippen LogP contribution in [-0.2, 0) is 11.2 Å². The average Bonchev–Trinajstić information content (AvgIpc) is 3.12. The van der Waals surface area contributed by atoms with Gasteiger partial charge in [-0.05, 0) is 52.6 Å². The molecule has 2 aromatic heterocycles. The van der Waals surface area contributed by atoms with Crippen LogP contribution in [0.1, 0.15) is 29.2 Å². The van der Waals surface area contributed by atoms with E-state index in [4.69, 9.17) is 0 Å². The summed E-state index contributed by atoms with van der Waals surface area (Å²) in [5.41, 5.74) is 1.15. The Bertz CT molecular complexity index is 510. The summed E-state index contributed by atoms with van der Waals surface area (Å²) in [5.74, 6) is 0.938. The van der Waals surface area contributed by atoms with Gasteiger partial charge in [-0.1, -0.05) is 6.07 Å². The van der Waals surface area contributed by atoms with Crippen molar-refractivity contribution in [2.24, 2.45) is 0 Å². The first-order valence-corrected chi connectivity index (χ1v) is 8.47. The fourth-order valence-corrected chi connectivity index (χ4v) is 4.18. The Balaban J connectivity index is 1.54. The molecule has 0 spiro atoms. The van der Waals surface area contributed by atoms with Crippen LogP contribution < -0.4 is 0 Å². The van der Waals surface area contributed by atoms with Crippen molar-refractivity contribution >= 4 is 28.6 Å². The Kier molecular flexibility index (Phi) is 3.99. The zero-order valence-corrected chi connectivity index (χ0v) is 12.4. The maximum atomic E-state index is 12.2. The first-order chi connectivity index (χ1) is 9.33. The molecule has 1 aliphatic rings. The van der Waals surface area contributed by atoms with Crippen LogP contribution in [-0.4, -0.2) is 23.9 Å². The van der Waals surface area contributed by atoms with Gasteiger partial charge in [0.1, 0.15) is 0 Å². The van der Waals surface area contributed by atoms with Gasteiger partial charge in [-0.3, -0.25) is 4.79 Å². The molecule has 0 radical (unpaired) electrons. The molecule has 0 atom stereocenters. The minimum atomic E-state index is 0.281. The molecule has 3 rings (SSSR count). The number of carbonyl (C=O) groups excluding carboxylic acids is 1. The van der Waals surface area contributed by atoms with E-state index in [1.165, 1.54) is 4.88 Å². The van der Waals surface area contributed by atoms with Gasteiger partial charge < -0.3 is 4.90 Å². The molecular weight excluding hydrogens is 274 g/mol. The number of piperidine rings is 1. The van der Waals surface area contributed by atoms with Crippen molar-refractivity contribution in [2.45, 2.75) is 25.2 Å². The van der Waals surface area contributed by atoms with Crippen LogP contribution >= 0.6 is 22.7 Å². The SMILES string of the molecule is O=C(Cc1ccsc1)N1CCC(c2cccs2)CC1. The summed E-state index contributed by atoms with van der Waals surface area (Å²) >= 11 is 3.50. The third-order valence-corrected chi connectivity index (χ3v) is 5.50. The molecule has 0 N–H and O–H groups in total. The minimum Gasteiger partial charge on any atom is -0.342 e. The predicted octanol–water partition coefficient (Wildman–Crippen LogP) is 3.76. The van der Waals surface area contributed by atoms with E-state index in [1.54, 1.807) is 11.3 Å². The van der Waals surface area contributed by atoms with E-state index in [0.717, 1.165) is 31.5 Å². The van der Waals surface area contributed by atoms with Crippen LogP contribution in [0.5, 0.6) is 0 Å². The lowest BCUT2D eigenvalue weighted by molar-refractivity contribution is -0.131. The highest BCUT2D eigenvalue weighted by atomic mass is 32.1. The zero-order chi connectivity index (χ0) is 13.1. The van der Waals surface area contributed by atoms with Crippen LogP contribution in [0, 0.1) is 0 Å². The number of hydrogen-bond acceptors (Lipinski definition) is 3. The van der Waals surface area contributed by atoms with Gasteiger partial charge in [-0.2, -0.15) is 11.3 Å². The van der Waals surface area contributed by atoms with Gasteiger partial charge in [0.25, 0.3) is 0 Å². The van der Waals surface area contributed by atoms with Crippen LogP contribution in [0.4, 0.5) is 0 Å². The third kappa shape index (κ3) is 3.07. The molecule has 2 aromatic rings. The maximum absolute atomic E-state index is 12.2. The van der Waals surface area contributed by atoms with Gasteiger partial charge in [0.15, 0.2) is 0 Å². The predicted molar refractivity (Wildman–Crippen MR) is 80.9 cm³/mol. The fraction of sp³-hybridized carbons (Fsp3) is 0.400. The smallest absolute Gasteiger partial charge is 0.227 e. The van der Waals surface area contributed by atoms with E-state index in [0.29, 0.717) is 12.3 Å². The zero-order valence-electron chi connectivity index (χ0n) is 10.7. The van der Waals surface area contributed by atoms with Crippen LogP contribution in [0.25, 0.3) is 0 Å². The van der Waals surface area contributed by atoms with Gasteiger partial charge in [0.05, 0.1) is 6.42 Å². The summed E-state index contributed by atoms with van der Waals surface area (Å²) < 4.78 is 0. The number of carbonyl (C=O) groups is 1. The molecule has 0 saturated carbocycles. The third-order valence-electron chi connectivity index (χ3n) is 3.73. The highest BCUT2D eigenvalue weighted by molar-refractivity contribution is 7.10. The van der Waals surface area contributed by atoms with Crippen molar-refractivity contribution in [1.82, 2.24) is 4.90 Å². The number of thiophene rings is 2. The van der Waals surface area contributed by atoms with Gasteiger partial charge in [-0.25, -0.2) is 0 Å². The number of nitrogens with zero attached hydrogens (tertiary/aromatic N) is 1. The molecule has 100 valence electrons. The van der Waals surface area contributed by atoms with Crippen LogP contribution in [0.2, 0.25) is 0 Å². The first kappa shape index (κ1) is 12.9. The summed E-state index contributed by atoms with van der Waals surface area (Å²) in [6.45, 7) is 1.82. The molecule has 1 amide bonds. The highest BCUT2D eigenvalue weighted by Crippen LogP contribution is 2.31. The van der Waals surface area contributed by atoms with E-state index in [1.807, 2.05) is 27.7 Å². The molecule has 0 bridgehead atoms. The first-order valence-electron chi connectivity index (χ1n) is 6.65. The maximum Gasteiger partial charge on any atom is 0.227 e. The molecule has 0 aromatic carbocycles. The molecule has 0 unspecified atom stereocenters. The van der Waals surface area contributed by atoms with Crippen LogP contribution in [0.15, 0.2) is 34.3 Å². The molecular formula is C15H17NOS2. The fourth-order valence-electron chi connectivity index (χ4n) is 2.62. The van der Waals surface area contributed by atoms with Crippen molar-refractivity contribution in [3.63, 3.8) is 0 Å². The summed E-state index contributed by atoms with van der Waals surface area (Å²) in [5, 5.41) is 6.24. The Labute approximate surface area is 121 Å². The number of rotatable bonds is 3. The van der Waals surface area contributed by atoms with E-state index in [9.17, 15) is 4.79 Å². The molecule has 4 heteroatoms. The molecule has 19 heavy (non-hydrogen) atoms. The largest absolute Gasteiger partial charge is 0.342 e. The molecule has 3 heterocycles. The van der Waals surface area contributed by atoms with E-state index >= 15 is 0 Å². The van der Waals surface area contributed by atoms with Crippen molar-refractivity contribution < 1.29 is 4.79 Å². The Morgan fingerprint density at radius 2 is 2.11 bits per heavy atom. The lowest BCUT2D eigenvalue weighted by Gasteiger charge is -2.31. The molecule has 1 saturated heterocycles. The summed E-state index contributed by atoms with van der Waals surface area (Å²) in [6.07, 6.45) is 2.78. The normalized spacial score (nSPS) is 16.7. The summed E-state index contributed by atoms with van der Waals surface area (Å²) in [4.78, 5) is 15.7. The topological polar surface area (TPSA) is 20.3 Å². The van der Waals surface area contributed by atoms with Crippen molar-refractivity contribution in [3.05, 3.63) is 44.8 Å². The average molecular weight is 291 g/mol. The van der Waals surface area contributed by atoms with Gasteiger partial charge in [0.2, 0.25) is 5.91 Å². The van der Waals surface area contributed by atoms with Crippen LogP contribution in [0.3, 0.4) is 0 Å². The lowest BCUT2D eigenvalue weighted by Crippen LogP contribution is -2.38. The van der Waals surface area contributed by atoms with E-state index < -0.39 is 0 Å². The number of likely N-dealkylation sites (tertiary alicyclic amines) is 1. The standard InChI is InChI=1S/C15H17NOS2/c17-15(10-12-5-9-18-11-12)16-6-3-13(4-7-16)14-2-1-8-19-14/h1-2,5,8-9,11,13H,3-4,6-7,10H2. The molecule has 1 fully saturated rings. The van der Waals surface area contributed by atoms with Crippen molar-refractivity contribution in [1.29, 1.82) is 0 Å². The van der Waals surface area contributed by atoms with Gasteiger partial charge in [0, 0.05) is 18.0 Å². The lowest BCUT2D eigenvalue weighted by atomic mass is 9.95. The van der Waals surface area contributed by atoms with Gasteiger partial charge >= 0.3 is 0 Å². The summed E-state index contributed by atoms with van der Waals surface area (Å²) in [7, 11) is 0. The Morgan fingerprint density at radius 1 is 1.26 bits per heavy atom. The number of hydrogen-bond donors (Lipinski definition) is 0. The summed E-state index contributed by atoms with van der Waals surface area (Å²) in [6, 6.07) is 6.38. The molecule has 0 aliphatic carbocycles. The van der Waals surface area contributed by atoms with Gasteiger partial charge in [-0.15, -0.1) is 11.3 Å². The minimum absolute atomic E-state index is 0.281.